The molecular formula is C16H20N2O4. The van der Waals surface area contributed by atoms with Crippen LogP contribution in [0.4, 0.5) is 5.69 Å². The van der Waals surface area contributed by atoms with Crippen molar-refractivity contribution in [2.75, 3.05) is 38.3 Å². The highest BCUT2D eigenvalue weighted by Gasteiger charge is 2.36. The van der Waals surface area contributed by atoms with Gasteiger partial charge in [0.2, 0.25) is 11.8 Å². The van der Waals surface area contributed by atoms with Crippen LogP contribution in [0.2, 0.25) is 0 Å². The number of nitrogens with zero attached hydrogens (tertiary/aromatic N) is 2. The molecule has 1 unspecified atom stereocenters. The predicted molar refractivity (Wildman–Crippen MR) is 81.2 cm³/mol. The molecule has 0 bridgehead atoms. The van der Waals surface area contributed by atoms with Crippen molar-refractivity contribution < 1.29 is 19.1 Å². The Bertz CT molecular complexity index is 602. The summed E-state index contributed by atoms with van der Waals surface area (Å²) < 4.78 is 11.0. The lowest BCUT2D eigenvalue weighted by atomic mass is 10.1. The first-order chi connectivity index (χ1) is 10.6. The van der Waals surface area contributed by atoms with Crippen molar-refractivity contribution in [3.8, 4) is 11.5 Å². The Hall–Kier alpha value is -2.24. The Morgan fingerprint density at radius 1 is 1.32 bits per heavy atom. The van der Waals surface area contributed by atoms with Crippen molar-refractivity contribution in [3.63, 3.8) is 0 Å². The minimum atomic E-state index is -0.273. The van der Waals surface area contributed by atoms with Crippen LogP contribution in [0.25, 0.3) is 0 Å². The van der Waals surface area contributed by atoms with E-state index in [2.05, 4.69) is 0 Å². The molecule has 118 valence electrons. The lowest BCUT2D eigenvalue weighted by Gasteiger charge is -2.23. The molecule has 0 aromatic heterocycles. The van der Waals surface area contributed by atoms with Crippen molar-refractivity contribution in [2.24, 2.45) is 5.92 Å². The monoisotopic (exact) mass is 304 g/mol. The minimum Gasteiger partial charge on any atom is -0.486 e. The molecule has 0 radical (unpaired) electrons. The van der Waals surface area contributed by atoms with Gasteiger partial charge in [0, 0.05) is 38.3 Å². The van der Waals surface area contributed by atoms with Gasteiger partial charge in [0.25, 0.3) is 0 Å². The van der Waals surface area contributed by atoms with Crippen LogP contribution in [-0.4, -0.2) is 50.1 Å². The van der Waals surface area contributed by atoms with Crippen LogP contribution in [0.1, 0.15) is 13.3 Å². The van der Waals surface area contributed by atoms with E-state index in [0.717, 1.165) is 5.69 Å². The summed E-state index contributed by atoms with van der Waals surface area (Å²) in [5, 5.41) is 0. The van der Waals surface area contributed by atoms with E-state index in [0.29, 0.717) is 37.8 Å². The highest BCUT2D eigenvalue weighted by molar-refractivity contribution is 6.00. The van der Waals surface area contributed by atoms with Gasteiger partial charge in [-0.25, -0.2) is 0 Å². The summed E-state index contributed by atoms with van der Waals surface area (Å²) in [5.74, 6) is 1.07. The van der Waals surface area contributed by atoms with E-state index in [4.69, 9.17) is 9.47 Å². The van der Waals surface area contributed by atoms with Crippen molar-refractivity contribution in [1.29, 1.82) is 0 Å². The Labute approximate surface area is 129 Å². The highest BCUT2D eigenvalue weighted by atomic mass is 16.6. The number of rotatable bonds is 3. The number of anilines is 1. The number of benzene rings is 1. The van der Waals surface area contributed by atoms with Crippen LogP contribution in [0.5, 0.6) is 11.5 Å². The number of amides is 2. The molecular weight excluding hydrogens is 284 g/mol. The second kappa shape index (κ2) is 5.87. The fraction of sp³-hybridized carbons (Fsp3) is 0.500. The molecule has 6 heteroatoms. The molecule has 0 saturated carbocycles. The molecule has 3 rings (SSSR count). The van der Waals surface area contributed by atoms with Gasteiger partial charge in [0.1, 0.15) is 13.2 Å². The predicted octanol–water partition coefficient (Wildman–Crippen LogP) is 1.29. The molecule has 2 amide bonds. The molecule has 1 saturated heterocycles. The fourth-order valence-electron chi connectivity index (χ4n) is 2.79. The van der Waals surface area contributed by atoms with Crippen LogP contribution < -0.4 is 14.4 Å². The van der Waals surface area contributed by atoms with Crippen LogP contribution in [-0.2, 0) is 9.59 Å². The van der Waals surface area contributed by atoms with Crippen LogP contribution in [0.3, 0.4) is 0 Å². The molecule has 0 spiro atoms. The zero-order chi connectivity index (χ0) is 15.7. The van der Waals surface area contributed by atoms with E-state index in [9.17, 15) is 9.59 Å². The van der Waals surface area contributed by atoms with E-state index < -0.39 is 0 Å². The summed E-state index contributed by atoms with van der Waals surface area (Å²) in [6.07, 6.45) is 0.262. The Morgan fingerprint density at radius 3 is 2.77 bits per heavy atom. The SMILES string of the molecule is CCN(C)C(=O)C1CC(=O)N(c2ccc3c(c2)OCCO3)C1. The Morgan fingerprint density at radius 2 is 2.05 bits per heavy atom. The molecule has 22 heavy (non-hydrogen) atoms. The zero-order valence-corrected chi connectivity index (χ0v) is 12.9. The van der Waals surface area contributed by atoms with Gasteiger partial charge in [-0.2, -0.15) is 0 Å². The highest BCUT2D eigenvalue weighted by Crippen LogP contribution is 2.36. The zero-order valence-electron chi connectivity index (χ0n) is 12.9. The number of hydrogen-bond acceptors (Lipinski definition) is 4. The fourth-order valence-corrected chi connectivity index (χ4v) is 2.79. The number of ether oxygens (including phenoxy) is 2. The largest absolute Gasteiger partial charge is 0.486 e. The van der Waals surface area contributed by atoms with Gasteiger partial charge < -0.3 is 19.3 Å². The Balaban J connectivity index is 1.78. The molecule has 0 N–H and O–H groups in total. The normalized spacial score (nSPS) is 20.2. The van der Waals surface area contributed by atoms with Gasteiger partial charge in [-0.1, -0.05) is 0 Å². The molecule has 1 aromatic rings. The summed E-state index contributed by atoms with van der Waals surface area (Å²) >= 11 is 0. The molecule has 1 fully saturated rings. The number of carbonyl (C=O) groups is 2. The molecule has 1 aromatic carbocycles. The summed E-state index contributed by atoms with van der Waals surface area (Å²) in [7, 11) is 1.76. The lowest BCUT2D eigenvalue weighted by Crippen LogP contribution is -2.34. The summed E-state index contributed by atoms with van der Waals surface area (Å²) in [5.41, 5.74) is 0.753. The third-order valence-corrected chi connectivity index (χ3v) is 4.16. The van der Waals surface area contributed by atoms with Gasteiger partial charge in [-0.3, -0.25) is 9.59 Å². The Kier molecular flexibility index (Phi) is 3.92. The first-order valence-electron chi connectivity index (χ1n) is 7.55. The smallest absolute Gasteiger partial charge is 0.227 e. The topological polar surface area (TPSA) is 59.1 Å². The second-order valence-electron chi connectivity index (χ2n) is 5.59. The van der Waals surface area contributed by atoms with E-state index in [1.807, 2.05) is 25.1 Å². The van der Waals surface area contributed by atoms with Gasteiger partial charge in [0.15, 0.2) is 11.5 Å². The first-order valence-corrected chi connectivity index (χ1v) is 7.55. The van der Waals surface area contributed by atoms with Gasteiger partial charge >= 0.3 is 0 Å². The van der Waals surface area contributed by atoms with Crippen molar-refractivity contribution in [2.45, 2.75) is 13.3 Å². The minimum absolute atomic E-state index is 0.0240. The second-order valence-corrected chi connectivity index (χ2v) is 5.59. The van der Waals surface area contributed by atoms with E-state index in [1.165, 1.54) is 0 Å². The molecule has 6 nitrogen and oxygen atoms in total. The van der Waals surface area contributed by atoms with Gasteiger partial charge in [-0.05, 0) is 19.1 Å². The summed E-state index contributed by atoms with van der Waals surface area (Å²) in [6, 6.07) is 5.45. The average Bonchev–Trinajstić information content (AvgIpc) is 2.94. The number of fused-ring (bicyclic) bond motifs is 1. The lowest BCUT2D eigenvalue weighted by molar-refractivity contribution is -0.134. The van der Waals surface area contributed by atoms with Crippen molar-refractivity contribution >= 4 is 17.5 Å². The maximum atomic E-state index is 12.3. The van der Waals surface area contributed by atoms with Crippen LogP contribution >= 0.6 is 0 Å². The number of carbonyl (C=O) groups excluding carboxylic acids is 2. The molecule has 2 heterocycles. The molecule has 2 aliphatic rings. The molecule has 2 aliphatic heterocycles. The van der Waals surface area contributed by atoms with E-state index in [1.54, 1.807) is 16.8 Å². The van der Waals surface area contributed by atoms with E-state index in [-0.39, 0.29) is 24.2 Å². The average molecular weight is 304 g/mol. The van der Waals surface area contributed by atoms with Crippen LogP contribution in [0, 0.1) is 5.92 Å². The molecule has 1 atom stereocenters. The summed E-state index contributed by atoms with van der Waals surface area (Å²) in [6.45, 7) is 4.03. The quantitative estimate of drug-likeness (QED) is 0.844. The van der Waals surface area contributed by atoms with Crippen molar-refractivity contribution in [1.82, 2.24) is 4.90 Å². The maximum absolute atomic E-state index is 12.3. The standard InChI is InChI=1S/C16H20N2O4/c1-3-17(2)16(20)11-8-15(19)18(10-11)12-4-5-13-14(9-12)22-7-6-21-13/h4-5,9,11H,3,6-8,10H2,1-2H3. The summed E-state index contributed by atoms with van der Waals surface area (Å²) in [4.78, 5) is 27.8. The first kappa shape index (κ1) is 14.7. The van der Waals surface area contributed by atoms with Gasteiger partial charge in [-0.15, -0.1) is 0 Å². The van der Waals surface area contributed by atoms with E-state index >= 15 is 0 Å². The number of hydrogen-bond donors (Lipinski definition) is 0. The third kappa shape index (κ3) is 2.61. The van der Waals surface area contributed by atoms with Crippen LogP contribution in [0.15, 0.2) is 18.2 Å². The third-order valence-electron chi connectivity index (χ3n) is 4.16. The maximum Gasteiger partial charge on any atom is 0.227 e. The van der Waals surface area contributed by atoms with Gasteiger partial charge in [0.05, 0.1) is 5.92 Å². The molecule has 0 aliphatic carbocycles. The van der Waals surface area contributed by atoms with Crippen molar-refractivity contribution in [3.05, 3.63) is 18.2 Å².